The van der Waals surface area contributed by atoms with Crippen molar-refractivity contribution in [1.29, 1.82) is 0 Å². The minimum absolute atomic E-state index is 0.382. The highest BCUT2D eigenvalue weighted by atomic mass is 32.2. The third-order valence-corrected chi connectivity index (χ3v) is 8.66. The standard InChI is InChI=1S/C19H23NO2SSi/c1-16-9-11-19(12-10-16)23(21,22)20-13-18(14-24(2,3)15-20)17-7-5-4-6-8-17/h4-12,14H,13,15H2,1-3H3. The molecule has 0 fully saturated rings. The summed E-state index contributed by atoms with van der Waals surface area (Å²) in [5.41, 5.74) is 5.63. The Hall–Kier alpha value is -1.69. The molecule has 1 aliphatic heterocycles. The largest absolute Gasteiger partial charge is 0.243 e. The Morgan fingerprint density at radius 1 is 0.958 bits per heavy atom. The van der Waals surface area contributed by atoms with Crippen molar-refractivity contribution in [3.63, 3.8) is 0 Å². The molecule has 1 aliphatic rings. The number of benzene rings is 2. The van der Waals surface area contributed by atoms with Crippen molar-refractivity contribution in [2.45, 2.75) is 24.9 Å². The lowest BCUT2D eigenvalue weighted by molar-refractivity contribution is 0.483. The molecule has 0 spiro atoms. The lowest BCUT2D eigenvalue weighted by atomic mass is 10.1. The van der Waals surface area contributed by atoms with Gasteiger partial charge in [0.25, 0.3) is 0 Å². The predicted octanol–water partition coefficient (Wildman–Crippen LogP) is 3.87. The van der Waals surface area contributed by atoms with Crippen molar-refractivity contribution >= 4 is 23.7 Å². The van der Waals surface area contributed by atoms with Crippen LogP contribution in [0.25, 0.3) is 5.57 Å². The quantitative estimate of drug-likeness (QED) is 0.782. The van der Waals surface area contributed by atoms with Crippen LogP contribution in [0.2, 0.25) is 13.1 Å². The monoisotopic (exact) mass is 357 g/mol. The summed E-state index contributed by atoms with van der Waals surface area (Å²) in [4.78, 5) is 0.382. The summed E-state index contributed by atoms with van der Waals surface area (Å²) in [6, 6.07) is 17.2. The number of rotatable bonds is 3. The zero-order valence-corrected chi connectivity index (χ0v) is 16.2. The van der Waals surface area contributed by atoms with Crippen molar-refractivity contribution in [2.24, 2.45) is 0 Å². The summed E-state index contributed by atoms with van der Waals surface area (Å²) >= 11 is 0. The van der Waals surface area contributed by atoms with Gasteiger partial charge in [0.1, 0.15) is 0 Å². The van der Waals surface area contributed by atoms with Gasteiger partial charge in [0.15, 0.2) is 0 Å². The molecule has 0 aliphatic carbocycles. The molecular formula is C19H23NO2SSi. The molecule has 1 heterocycles. The van der Waals surface area contributed by atoms with Gasteiger partial charge >= 0.3 is 0 Å². The molecule has 0 radical (unpaired) electrons. The molecule has 2 aromatic carbocycles. The van der Waals surface area contributed by atoms with Crippen molar-refractivity contribution in [2.75, 3.05) is 12.7 Å². The van der Waals surface area contributed by atoms with Crippen LogP contribution >= 0.6 is 0 Å². The Morgan fingerprint density at radius 3 is 2.21 bits per heavy atom. The zero-order valence-electron chi connectivity index (χ0n) is 14.4. The van der Waals surface area contributed by atoms with E-state index < -0.39 is 18.1 Å². The summed E-state index contributed by atoms with van der Waals surface area (Å²) in [7, 11) is -5.23. The second-order valence-corrected chi connectivity index (χ2v) is 13.6. The Kier molecular flexibility index (Phi) is 4.51. The Morgan fingerprint density at radius 2 is 1.58 bits per heavy atom. The molecule has 0 bridgehead atoms. The van der Waals surface area contributed by atoms with E-state index in [1.54, 1.807) is 16.4 Å². The smallest absolute Gasteiger partial charge is 0.207 e. The molecule has 3 nitrogen and oxygen atoms in total. The first kappa shape index (κ1) is 17.1. The molecule has 0 atom stereocenters. The number of nitrogens with zero attached hydrogens (tertiary/aromatic N) is 1. The van der Waals surface area contributed by atoms with E-state index in [0.29, 0.717) is 17.6 Å². The predicted molar refractivity (Wildman–Crippen MR) is 102 cm³/mol. The fourth-order valence-corrected chi connectivity index (χ4v) is 8.20. The second-order valence-electron chi connectivity index (χ2n) is 7.11. The van der Waals surface area contributed by atoms with Crippen LogP contribution in [0.4, 0.5) is 0 Å². The lowest BCUT2D eigenvalue weighted by Crippen LogP contribution is -2.48. The SMILES string of the molecule is Cc1ccc(S(=O)(=O)N2CC(c3ccccc3)=C[Si](C)(C)C2)cc1. The third-order valence-electron chi connectivity index (χ3n) is 4.30. The van der Waals surface area contributed by atoms with Crippen LogP contribution < -0.4 is 0 Å². The first-order valence-electron chi connectivity index (χ1n) is 8.12. The van der Waals surface area contributed by atoms with Gasteiger partial charge in [0, 0.05) is 12.7 Å². The van der Waals surface area contributed by atoms with E-state index in [-0.39, 0.29) is 0 Å². The Bertz CT molecular complexity index is 856. The minimum atomic E-state index is -3.46. The fourth-order valence-electron chi connectivity index (χ4n) is 3.12. The summed E-state index contributed by atoms with van der Waals surface area (Å²) in [6.07, 6.45) is 0.625. The van der Waals surface area contributed by atoms with Crippen LogP contribution in [0.5, 0.6) is 0 Å². The first-order valence-corrected chi connectivity index (χ1v) is 12.8. The highest BCUT2D eigenvalue weighted by Gasteiger charge is 2.35. The summed E-state index contributed by atoms with van der Waals surface area (Å²) in [6.45, 7) is 6.83. The normalized spacial score (nSPS) is 18.2. The van der Waals surface area contributed by atoms with E-state index in [0.717, 1.165) is 16.7 Å². The number of aryl methyl sites for hydroxylation is 1. The van der Waals surface area contributed by atoms with Gasteiger partial charge in [-0.05, 0) is 30.2 Å². The molecule has 126 valence electrons. The highest BCUT2D eigenvalue weighted by molar-refractivity contribution is 7.89. The van der Waals surface area contributed by atoms with Gasteiger partial charge in [0.05, 0.1) is 13.0 Å². The maximum Gasteiger partial charge on any atom is 0.243 e. The average Bonchev–Trinajstić information content (AvgIpc) is 2.54. The Balaban J connectivity index is 1.98. The van der Waals surface area contributed by atoms with Gasteiger partial charge < -0.3 is 0 Å². The minimum Gasteiger partial charge on any atom is -0.207 e. The average molecular weight is 358 g/mol. The summed E-state index contributed by atoms with van der Waals surface area (Å²) in [5, 5.41) is 0. The molecule has 0 saturated heterocycles. The van der Waals surface area contributed by atoms with Crippen LogP contribution in [0.3, 0.4) is 0 Å². The van der Waals surface area contributed by atoms with Crippen molar-refractivity contribution in [3.05, 3.63) is 71.4 Å². The van der Waals surface area contributed by atoms with Crippen LogP contribution in [0.1, 0.15) is 11.1 Å². The van der Waals surface area contributed by atoms with Gasteiger partial charge in [-0.2, -0.15) is 4.31 Å². The van der Waals surface area contributed by atoms with Crippen LogP contribution in [-0.4, -0.2) is 33.5 Å². The molecule has 0 unspecified atom stereocenters. The summed E-state index contributed by atoms with van der Waals surface area (Å²) in [5.74, 6) is 0. The molecular weight excluding hydrogens is 334 g/mol. The molecule has 3 rings (SSSR count). The molecule has 24 heavy (non-hydrogen) atoms. The molecule has 2 aromatic rings. The van der Waals surface area contributed by atoms with Crippen LogP contribution in [0.15, 0.2) is 65.2 Å². The fraction of sp³-hybridized carbons (Fsp3) is 0.263. The number of hydrogen-bond donors (Lipinski definition) is 0. The van der Waals surface area contributed by atoms with E-state index in [1.165, 1.54) is 0 Å². The Labute approximate surface area is 145 Å². The summed E-state index contributed by atoms with van der Waals surface area (Å²) < 4.78 is 27.8. The molecule has 0 aromatic heterocycles. The lowest BCUT2D eigenvalue weighted by Gasteiger charge is -2.35. The maximum absolute atomic E-state index is 13.1. The van der Waals surface area contributed by atoms with Crippen LogP contribution in [0, 0.1) is 6.92 Å². The van der Waals surface area contributed by atoms with Gasteiger partial charge in [-0.3, -0.25) is 0 Å². The maximum atomic E-state index is 13.1. The first-order chi connectivity index (χ1) is 11.3. The number of sulfonamides is 1. The van der Waals surface area contributed by atoms with Gasteiger partial charge in [-0.15, -0.1) is 0 Å². The molecule has 0 N–H and O–H groups in total. The van der Waals surface area contributed by atoms with Crippen molar-refractivity contribution in [3.8, 4) is 0 Å². The van der Waals surface area contributed by atoms with Gasteiger partial charge in [0.2, 0.25) is 10.0 Å². The van der Waals surface area contributed by atoms with Crippen molar-refractivity contribution in [1.82, 2.24) is 4.31 Å². The van der Waals surface area contributed by atoms with E-state index in [1.807, 2.05) is 37.3 Å². The van der Waals surface area contributed by atoms with E-state index in [4.69, 9.17) is 0 Å². The van der Waals surface area contributed by atoms with E-state index in [9.17, 15) is 8.42 Å². The second kappa shape index (κ2) is 6.31. The van der Waals surface area contributed by atoms with Gasteiger partial charge in [-0.25, -0.2) is 8.42 Å². The topological polar surface area (TPSA) is 37.4 Å². The van der Waals surface area contributed by atoms with E-state index in [2.05, 4.69) is 30.9 Å². The van der Waals surface area contributed by atoms with Gasteiger partial charge in [-0.1, -0.05) is 66.8 Å². The molecule has 0 saturated carbocycles. The molecule has 5 heteroatoms. The number of hydrogen-bond acceptors (Lipinski definition) is 2. The molecule has 0 amide bonds. The van der Waals surface area contributed by atoms with E-state index >= 15 is 0 Å². The third kappa shape index (κ3) is 3.53. The van der Waals surface area contributed by atoms with Crippen molar-refractivity contribution < 1.29 is 8.42 Å². The highest BCUT2D eigenvalue weighted by Crippen LogP contribution is 2.29. The van der Waals surface area contributed by atoms with Crippen LogP contribution in [-0.2, 0) is 10.0 Å². The zero-order chi connectivity index (χ0) is 17.4.